The molecule has 3 rings (SSSR count). The number of nitrogens with one attached hydrogen (secondary N) is 1. The average molecular weight is 373 g/mol. The summed E-state index contributed by atoms with van der Waals surface area (Å²) in [5.41, 5.74) is -0.270. The Labute approximate surface area is 156 Å². The van der Waals surface area contributed by atoms with Gasteiger partial charge < -0.3 is 19.9 Å². The van der Waals surface area contributed by atoms with Crippen LogP contribution in [0.5, 0.6) is 5.88 Å². The standard InChI is InChI=1S/C17H23N7O3/c1-22-5-7-23(8-6-22)14-10-16(21-12-20-14)27-9-4-19-15(25)11-24-13-18-3-2-17(24)26/h2-3,10,12-13H,4-9,11H2,1H3,(H,19,25). The van der Waals surface area contributed by atoms with Gasteiger partial charge >= 0.3 is 0 Å². The van der Waals surface area contributed by atoms with Gasteiger partial charge in [0.15, 0.2) is 0 Å². The lowest BCUT2D eigenvalue weighted by atomic mass is 10.3. The first kappa shape index (κ1) is 18.8. The summed E-state index contributed by atoms with van der Waals surface area (Å²) in [6, 6.07) is 3.12. The highest BCUT2D eigenvalue weighted by molar-refractivity contribution is 5.75. The molecule has 0 aromatic carbocycles. The van der Waals surface area contributed by atoms with E-state index in [1.165, 1.54) is 29.5 Å². The van der Waals surface area contributed by atoms with E-state index in [4.69, 9.17) is 4.74 Å². The van der Waals surface area contributed by atoms with Crippen molar-refractivity contribution in [3.05, 3.63) is 41.3 Å². The van der Waals surface area contributed by atoms with E-state index in [2.05, 4.69) is 37.1 Å². The minimum absolute atomic E-state index is 0.0757. The Bertz CT molecular complexity index is 818. The van der Waals surface area contributed by atoms with Crippen LogP contribution in [-0.2, 0) is 11.3 Å². The van der Waals surface area contributed by atoms with Gasteiger partial charge in [-0.1, -0.05) is 0 Å². The number of piperazine rings is 1. The largest absolute Gasteiger partial charge is 0.476 e. The van der Waals surface area contributed by atoms with Crippen molar-refractivity contribution in [2.45, 2.75) is 6.54 Å². The van der Waals surface area contributed by atoms with Crippen LogP contribution in [-0.4, -0.2) is 76.7 Å². The second-order valence-corrected chi connectivity index (χ2v) is 6.25. The third-order valence-electron chi connectivity index (χ3n) is 4.24. The summed E-state index contributed by atoms with van der Waals surface area (Å²) in [6.07, 6.45) is 4.21. The lowest BCUT2D eigenvalue weighted by Crippen LogP contribution is -2.44. The van der Waals surface area contributed by atoms with Crippen LogP contribution in [0, 0.1) is 0 Å². The maximum absolute atomic E-state index is 11.9. The number of amides is 1. The van der Waals surface area contributed by atoms with Crippen LogP contribution in [0.25, 0.3) is 0 Å². The summed E-state index contributed by atoms with van der Waals surface area (Å²) in [4.78, 5) is 40.1. The maximum atomic E-state index is 11.9. The monoisotopic (exact) mass is 373 g/mol. The van der Waals surface area contributed by atoms with Crippen molar-refractivity contribution < 1.29 is 9.53 Å². The third kappa shape index (κ3) is 5.48. The fourth-order valence-corrected chi connectivity index (χ4v) is 2.67. The van der Waals surface area contributed by atoms with Gasteiger partial charge in [-0.15, -0.1) is 0 Å². The molecule has 0 saturated carbocycles. The van der Waals surface area contributed by atoms with Crippen molar-refractivity contribution in [3.63, 3.8) is 0 Å². The number of hydrogen-bond donors (Lipinski definition) is 1. The van der Waals surface area contributed by atoms with Crippen molar-refractivity contribution in [3.8, 4) is 5.88 Å². The van der Waals surface area contributed by atoms with E-state index in [1.54, 1.807) is 0 Å². The highest BCUT2D eigenvalue weighted by atomic mass is 16.5. The Hall–Kier alpha value is -3.01. The van der Waals surface area contributed by atoms with E-state index >= 15 is 0 Å². The number of likely N-dealkylation sites (N-methyl/N-ethyl adjacent to an activating group) is 1. The molecule has 1 amide bonds. The molecular weight excluding hydrogens is 350 g/mol. The van der Waals surface area contributed by atoms with Crippen molar-refractivity contribution in [1.29, 1.82) is 0 Å². The van der Waals surface area contributed by atoms with Gasteiger partial charge in [-0.2, -0.15) is 0 Å². The number of aromatic nitrogens is 4. The van der Waals surface area contributed by atoms with Crippen LogP contribution in [0.3, 0.4) is 0 Å². The smallest absolute Gasteiger partial charge is 0.253 e. The molecule has 10 nitrogen and oxygen atoms in total. The van der Waals surface area contributed by atoms with Gasteiger partial charge in [0.1, 0.15) is 25.3 Å². The van der Waals surface area contributed by atoms with Crippen LogP contribution < -0.4 is 20.5 Å². The first-order valence-electron chi connectivity index (χ1n) is 8.77. The molecule has 1 aliphatic rings. The highest BCUT2D eigenvalue weighted by Crippen LogP contribution is 2.17. The van der Waals surface area contributed by atoms with E-state index in [9.17, 15) is 9.59 Å². The second kappa shape index (κ2) is 9.08. The Balaban J connectivity index is 1.42. The zero-order valence-electron chi connectivity index (χ0n) is 15.2. The first-order chi connectivity index (χ1) is 13.1. The molecule has 0 unspecified atom stereocenters. The van der Waals surface area contributed by atoms with E-state index < -0.39 is 0 Å². The van der Waals surface area contributed by atoms with E-state index in [0.29, 0.717) is 12.4 Å². The molecular formula is C17H23N7O3. The number of ether oxygens (including phenoxy) is 1. The molecule has 0 bridgehead atoms. The number of carbonyl (C=O) groups excluding carboxylic acids is 1. The number of hydrogen-bond acceptors (Lipinski definition) is 8. The van der Waals surface area contributed by atoms with Crippen molar-refractivity contribution in [2.24, 2.45) is 0 Å². The maximum Gasteiger partial charge on any atom is 0.253 e. The normalized spacial score (nSPS) is 14.8. The van der Waals surface area contributed by atoms with Crippen LogP contribution in [0.4, 0.5) is 5.82 Å². The van der Waals surface area contributed by atoms with Crippen LogP contribution in [0.15, 0.2) is 35.8 Å². The third-order valence-corrected chi connectivity index (χ3v) is 4.24. The molecule has 2 aromatic rings. The van der Waals surface area contributed by atoms with Crippen molar-refractivity contribution >= 4 is 11.7 Å². The van der Waals surface area contributed by atoms with Gasteiger partial charge in [0.05, 0.1) is 12.9 Å². The molecule has 1 saturated heterocycles. The number of rotatable bonds is 7. The summed E-state index contributed by atoms with van der Waals surface area (Å²) >= 11 is 0. The molecule has 0 spiro atoms. The fraction of sp³-hybridized carbons (Fsp3) is 0.471. The van der Waals surface area contributed by atoms with Crippen molar-refractivity contribution in [2.75, 3.05) is 51.3 Å². The molecule has 0 atom stereocenters. The van der Waals surface area contributed by atoms with Gasteiger partial charge in [0.2, 0.25) is 11.8 Å². The van der Waals surface area contributed by atoms with Crippen molar-refractivity contribution in [1.82, 2.24) is 29.7 Å². The molecule has 0 aliphatic carbocycles. The molecule has 27 heavy (non-hydrogen) atoms. The quantitative estimate of drug-likeness (QED) is 0.615. The summed E-state index contributed by atoms with van der Waals surface area (Å²) < 4.78 is 6.84. The molecule has 1 fully saturated rings. The predicted molar refractivity (Wildman–Crippen MR) is 98.7 cm³/mol. The van der Waals surface area contributed by atoms with E-state index in [0.717, 1.165) is 32.0 Å². The van der Waals surface area contributed by atoms with Crippen LogP contribution >= 0.6 is 0 Å². The second-order valence-electron chi connectivity index (χ2n) is 6.25. The number of nitrogens with zero attached hydrogens (tertiary/aromatic N) is 6. The number of anilines is 1. The van der Waals surface area contributed by atoms with Gasteiger partial charge in [-0.25, -0.2) is 15.0 Å². The lowest BCUT2D eigenvalue weighted by molar-refractivity contribution is -0.121. The Morgan fingerprint density at radius 1 is 1.26 bits per heavy atom. The van der Waals surface area contributed by atoms with E-state index in [-0.39, 0.29) is 24.6 Å². The molecule has 1 aliphatic heterocycles. The van der Waals surface area contributed by atoms with Gasteiger partial charge in [-0.05, 0) is 7.05 Å². The fourth-order valence-electron chi connectivity index (χ4n) is 2.67. The minimum Gasteiger partial charge on any atom is -0.476 e. The zero-order valence-corrected chi connectivity index (χ0v) is 15.2. The first-order valence-corrected chi connectivity index (χ1v) is 8.77. The highest BCUT2D eigenvalue weighted by Gasteiger charge is 2.16. The molecule has 0 radical (unpaired) electrons. The Morgan fingerprint density at radius 2 is 2.07 bits per heavy atom. The zero-order chi connectivity index (χ0) is 19.1. The average Bonchev–Trinajstić information content (AvgIpc) is 2.68. The van der Waals surface area contributed by atoms with Gasteiger partial charge in [0, 0.05) is 44.5 Å². The molecule has 144 valence electrons. The van der Waals surface area contributed by atoms with Crippen LogP contribution in [0.1, 0.15) is 0 Å². The minimum atomic E-state index is -0.283. The summed E-state index contributed by atoms with van der Waals surface area (Å²) in [5, 5.41) is 2.70. The summed E-state index contributed by atoms with van der Waals surface area (Å²) in [6.45, 7) is 4.31. The van der Waals surface area contributed by atoms with E-state index in [1.807, 2.05) is 6.07 Å². The molecule has 3 heterocycles. The van der Waals surface area contributed by atoms with Gasteiger partial charge in [-0.3, -0.25) is 14.2 Å². The summed E-state index contributed by atoms with van der Waals surface area (Å²) in [7, 11) is 2.10. The predicted octanol–water partition coefficient (Wildman–Crippen LogP) is -1.02. The molecule has 2 aromatic heterocycles. The molecule has 1 N–H and O–H groups in total. The SMILES string of the molecule is CN1CCN(c2cc(OCCNC(=O)Cn3cnccc3=O)ncn2)CC1. The summed E-state index contributed by atoms with van der Waals surface area (Å²) in [5.74, 6) is 1.03. The van der Waals surface area contributed by atoms with Gasteiger partial charge in [0.25, 0.3) is 5.56 Å². The molecule has 10 heteroatoms. The van der Waals surface area contributed by atoms with Crippen LogP contribution in [0.2, 0.25) is 0 Å². The number of carbonyl (C=O) groups is 1. The Morgan fingerprint density at radius 3 is 2.85 bits per heavy atom. The Kier molecular flexibility index (Phi) is 6.31. The lowest BCUT2D eigenvalue weighted by Gasteiger charge is -2.33. The topological polar surface area (TPSA) is 105 Å².